The molecule has 0 saturated carbocycles. The van der Waals surface area contributed by atoms with E-state index in [0.717, 1.165) is 98.7 Å². The Labute approximate surface area is 407 Å². The monoisotopic (exact) mass is 947 g/mol. The van der Waals surface area contributed by atoms with Gasteiger partial charge in [-0.3, -0.25) is 14.4 Å². The fourth-order valence-corrected chi connectivity index (χ4v) is 6.53. The molecular weight excluding hydrogens is 876 g/mol. The molecule has 4 heterocycles. The van der Waals surface area contributed by atoms with E-state index in [0.29, 0.717) is 32.4 Å². The summed E-state index contributed by atoms with van der Waals surface area (Å²) in [7, 11) is 0. The summed E-state index contributed by atoms with van der Waals surface area (Å²) in [5.41, 5.74) is 18.2. The number of carbonyl (C=O) groups excluding carboxylic acids is 3. The third-order valence-corrected chi connectivity index (χ3v) is 10.1. The van der Waals surface area contributed by atoms with Gasteiger partial charge in [0.05, 0.1) is 49.5 Å². The van der Waals surface area contributed by atoms with Gasteiger partial charge in [0, 0.05) is 81.9 Å². The standard InChI is InChI=1S/2C15H19N3O.C8H7ClO.2C7H13N3/c1-13-11-16-12-18(13)9-5-8-17-15(19)10-14-6-3-2-4-7-14;1-13-11-18(12-17-13)9-5-8-16-15(19)10-14-6-3-2-4-7-14;9-8(10)6-7-4-2-1-3-5-7;1-7-5-10(6-9-7)4-2-3-8;1-7-5-9-6-10(7)4-2-3-8/h2-4,6-7,11-12H,5,8-10H2,1H3,(H,17,19);2-4,6-7,11-12H,5,8-10H2,1H3,(H,16,19);1-5H,6H2;2*5-6H,2-4,8H2,1H3. The van der Waals surface area contributed by atoms with E-state index in [9.17, 15) is 14.4 Å². The van der Waals surface area contributed by atoms with Gasteiger partial charge < -0.3 is 40.4 Å². The molecule has 0 aliphatic rings. The number of carbonyl (C=O) groups is 3. The molecule has 0 bridgehead atoms. The molecule has 0 spiro atoms. The maximum absolute atomic E-state index is 11.7. The van der Waals surface area contributed by atoms with Gasteiger partial charge in [-0.2, -0.15) is 0 Å². The Hall–Kier alpha value is -6.68. The number of hydrogen-bond acceptors (Lipinski definition) is 9. The quantitative estimate of drug-likeness (QED) is 0.0461. The number of nitrogens with two attached hydrogens (primary N) is 2. The molecule has 0 unspecified atom stereocenters. The van der Waals surface area contributed by atoms with E-state index in [2.05, 4.69) is 44.3 Å². The summed E-state index contributed by atoms with van der Waals surface area (Å²) in [6.07, 6.45) is 20.1. The molecule has 0 aliphatic carbocycles. The van der Waals surface area contributed by atoms with Crippen molar-refractivity contribution in [3.63, 3.8) is 0 Å². The van der Waals surface area contributed by atoms with Gasteiger partial charge >= 0.3 is 0 Å². The minimum atomic E-state index is -0.314. The first-order chi connectivity index (χ1) is 32.9. The molecule has 7 rings (SSSR count). The van der Waals surface area contributed by atoms with Gasteiger partial charge in [0.15, 0.2) is 0 Å². The lowest BCUT2D eigenvalue weighted by Gasteiger charge is -2.07. The summed E-state index contributed by atoms with van der Waals surface area (Å²) >= 11 is 5.17. The van der Waals surface area contributed by atoms with Crippen molar-refractivity contribution in [3.8, 4) is 0 Å². The zero-order valence-corrected chi connectivity index (χ0v) is 41.0. The summed E-state index contributed by atoms with van der Waals surface area (Å²) in [4.78, 5) is 50.1. The van der Waals surface area contributed by atoms with Gasteiger partial charge in [0.2, 0.25) is 17.1 Å². The van der Waals surface area contributed by atoms with Crippen molar-refractivity contribution in [1.82, 2.24) is 48.8 Å². The summed E-state index contributed by atoms with van der Waals surface area (Å²) < 4.78 is 8.29. The highest BCUT2D eigenvalue weighted by molar-refractivity contribution is 6.63. The van der Waals surface area contributed by atoms with E-state index in [4.69, 9.17) is 23.1 Å². The molecule has 0 fully saturated rings. The Balaban J connectivity index is 0.000000233. The minimum absolute atomic E-state index is 0.0769. The first-order valence-electron chi connectivity index (χ1n) is 23.1. The first kappa shape index (κ1) is 55.6. The van der Waals surface area contributed by atoms with Crippen LogP contribution in [0.4, 0.5) is 0 Å². The van der Waals surface area contributed by atoms with Crippen molar-refractivity contribution in [1.29, 1.82) is 0 Å². The molecule has 364 valence electrons. The molecule has 2 amide bonds. The van der Waals surface area contributed by atoms with Crippen LogP contribution in [0.5, 0.6) is 0 Å². The van der Waals surface area contributed by atoms with Gasteiger partial charge in [-0.15, -0.1) is 0 Å². The number of benzene rings is 3. The van der Waals surface area contributed by atoms with Crippen LogP contribution in [0, 0.1) is 27.7 Å². The second-order valence-electron chi connectivity index (χ2n) is 16.0. The fraction of sp³-hybridized carbons (Fsp3) is 0.365. The Morgan fingerprint density at radius 1 is 0.515 bits per heavy atom. The molecule has 3 aromatic carbocycles. The normalized spacial score (nSPS) is 10.2. The van der Waals surface area contributed by atoms with Crippen LogP contribution in [0.1, 0.15) is 65.1 Å². The number of rotatable bonds is 20. The van der Waals surface area contributed by atoms with Crippen LogP contribution in [0.3, 0.4) is 0 Å². The topological polar surface area (TPSA) is 199 Å². The van der Waals surface area contributed by atoms with Gasteiger partial charge in [0.1, 0.15) is 0 Å². The number of halogens is 1. The smallest absolute Gasteiger partial charge is 0.226 e. The summed E-state index contributed by atoms with van der Waals surface area (Å²) in [6, 6.07) is 29.0. The van der Waals surface area contributed by atoms with Gasteiger partial charge in [-0.05, 0) is 94.8 Å². The van der Waals surface area contributed by atoms with E-state index in [1.807, 2.05) is 173 Å². The number of aryl methyl sites for hydroxylation is 8. The van der Waals surface area contributed by atoms with Crippen molar-refractivity contribution in [2.24, 2.45) is 11.5 Å². The van der Waals surface area contributed by atoms with E-state index >= 15 is 0 Å². The molecule has 0 atom stereocenters. The highest BCUT2D eigenvalue weighted by Crippen LogP contribution is 2.03. The number of hydrogen-bond donors (Lipinski definition) is 4. The summed E-state index contributed by atoms with van der Waals surface area (Å²) in [5.74, 6) is 0.154. The number of nitrogens with zero attached hydrogens (tertiary/aromatic N) is 8. The Bertz CT molecular complexity index is 2400. The predicted molar refractivity (Wildman–Crippen MR) is 272 cm³/mol. The average molecular weight is 948 g/mol. The number of aromatic nitrogens is 8. The Morgan fingerprint density at radius 3 is 1.24 bits per heavy atom. The molecule has 15 nitrogen and oxygen atoms in total. The third-order valence-electron chi connectivity index (χ3n) is 10.0. The first-order valence-corrected chi connectivity index (χ1v) is 23.5. The number of nitrogens with one attached hydrogen (secondary N) is 2. The molecule has 68 heavy (non-hydrogen) atoms. The van der Waals surface area contributed by atoms with E-state index in [-0.39, 0.29) is 17.1 Å². The summed E-state index contributed by atoms with van der Waals surface area (Å²) in [5, 5.41) is 5.56. The van der Waals surface area contributed by atoms with Crippen LogP contribution in [-0.2, 0) is 59.8 Å². The zero-order chi connectivity index (χ0) is 49.2. The van der Waals surface area contributed by atoms with Crippen LogP contribution < -0.4 is 22.1 Å². The van der Waals surface area contributed by atoms with Gasteiger partial charge in [-0.25, -0.2) is 19.9 Å². The Morgan fingerprint density at radius 2 is 0.882 bits per heavy atom. The second kappa shape index (κ2) is 33.7. The van der Waals surface area contributed by atoms with Crippen molar-refractivity contribution in [2.45, 2.75) is 98.8 Å². The van der Waals surface area contributed by atoms with Crippen LogP contribution in [0.2, 0.25) is 0 Å². The maximum Gasteiger partial charge on any atom is 0.226 e. The molecule has 0 saturated heterocycles. The lowest BCUT2D eigenvalue weighted by atomic mass is 10.1. The minimum Gasteiger partial charge on any atom is -0.356 e. The van der Waals surface area contributed by atoms with Crippen LogP contribution >= 0.6 is 11.6 Å². The molecule has 0 aliphatic heterocycles. The molecule has 7 aromatic rings. The zero-order valence-electron chi connectivity index (χ0n) is 40.2. The van der Waals surface area contributed by atoms with Gasteiger partial charge in [-0.1, -0.05) is 91.0 Å². The van der Waals surface area contributed by atoms with Crippen LogP contribution in [-0.4, -0.2) is 81.4 Å². The lowest BCUT2D eigenvalue weighted by Crippen LogP contribution is -2.26. The van der Waals surface area contributed by atoms with E-state index < -0.39 is 0 Å². The van der Waals surface area contributed by atoms with Crippen LogP contribution in [0.25, 0.3) is 0 Å². The predicted octanol–water partition coefficient (Wildman–Crippen LogP) is 6.96. The van der Waals surface area contributed by atoms with Crippen molar-refractivity contribution in [3.05, 3.63) is 181 Å². The fourth-order valence-electron chi connectivity index (χ4n) is 6.38. The SMILES string of the molecule is Cc1cn(CCCN)cn1.Cc1cn(CCCNC(=O)Cc2ccccc2)cn1.Cc1cncn1CCCN.Cc1cncn1CCCNC(=O)Cc1ccccc1.O=C(Cl)Cc1ccccc1. The molecule has 0 radical (unpaired) electrons. The Kier molecular flexibility index (Phi) is 27.6. The third kappa shape index (κ3) is 25.3. The maximum atomic E-state index is 11.7. The second-order valence-corrected chi connectivity index (χ2v) is 16.4. The van der Waals surface area contributed by atoms with Crippen molar-refractivity contribution < 1.29 is 14.4 Å². The number of imidazole rings is 4. The largest absolute Gasteiger partial charge is 0.356 e. The van der Waals surface area contributed by atoms with Crippen molar-refractivity contribution in [2.75, 3.05) is 26.2 Å². The van der Waals surface area contributed by atoms with Crippen LogP contribution in [0.15, 0.2) is 141 Å². The van der Waals surface area contributed by atoms with E-state index in [1.165, 1.54) is 5.69 Å². The van der Waals surface area contributed by atoms with Crippen molar-refractivity contribution >= 4 is 28.7 Å². The molecule has 6 N–H and O–H groups in total. The molecule has 16 heteroatoms. The average Bonchev–Trinajstić information content (AvgIpc) is 4.16. The van der Waals surface area contributed by atoms with Gasteiger partial charge in [0.25, 0.3) is 0 Å². The molecular formula is C52H71ClN12O3. The highest BCUT2D eigenvalue weighted by Gasteiger charge is 2.04. The lowest BCUT2D eigenvalue weighted by molar-refractivity contribution is -0.121. The highest BCUT2D eigenvalue weighted by atomic mass is 35.5. The number of amides is 2. The molecule has 4 aromatic heterocycles. The van der Waals surface area contributed by atoms with E-state index in [1.54, 1.807) is 0 Å². The summed E-state index contributed by atoms with van der Waals surface area (Å²) in [6.45, 7) is 14.7.